The van der Waals surface area contributed by atoms with Crippen LogP contribution in [0, 0.1) is 10.1 Å². The van der Waals surface area contributed by atoms with Crippen LogP contribution in [0.15, 0.2) is 47.4 Å². The van der Waals surface area contributed by atoms with Gasteiger partial charge >= 0.3 is 0 Å². The van der Waals surface area contributed by atoms with Crippen molar-refractivity contribution in [3.8, 4) is 11.5 Å². The molecule has 36 heavy (non-hydrogen) atoms. The van der Waals surface area contributed by atoms with Gasteiger partial charge in [0.05, 0.1) is 23.0 Å². The van der Waals surface area contributed by atoms with E-state index in [-0.39, 0.29) is 49.4 Å². The summed E-state index contributed by atoms with van der Waals surface area (Å²) in [5, 5.41) is 11.9. The predicted molar refractivity (Wildman–Crippen MR) is 128 cm³/mol. The van der Waals surface area contributed by atoms with E-state index in [1.165, 1.54) is 16.4 Å². The number of hydrogen-bond acceptors (Lipinski definition) is 9. The third-order valence-electron chi connectivity index (χ3n) is 6.47. The topological polar surface area (TPSA) is 132 Å². The Morgan fingerprint density at radius 2 is 1.67 bits per heavy atom. The van der Waals surface area contributed by atoms with Crippen LogP contribution in [-0.4, -0.2) is 93.6 Å². The van der Waals surface area contributed by atoms with Gasteiger partial charge in [-0.1, -0.05) is 12.1 Å². The van der Waals surface area contributed by atoms with Gasteiger partial charge in [0.2, 0.25) is 16.1 Å². The molecule has 0 saturated carbocycles. The maximum absolute atomic E-state index is 13.0. The Labute approximate surface area is 208 Å². The molecule has 3 aliphatic heterocycles. The largest absolute Gasteiger partial charge is 0.485 e. The number of carbonyl (C=O) groups excluding carboxylic acids is 1. The molecule has 0 bridgehead atoms. The highest BCUT2D eigenvalue weighted by atomic mass is 32.2. The number of amides is 1. The quantitative estimate of drug-likeness (QED) is 0.422. The number of hydrogen-bond donors (Lipinski definition) is 0. The lowest BCUT2D eigenvalue weighted by Crippen LogP contribution is -2.54. The number of ether oxygens (including phenoxy) is 3. The Hall–Kier alpha value is -3.42. The van der Waals surface area contributed by atoms with Gasteiger partial charge in [0, 0.05) is 45.3 Å². The fraction of sp³-hybridized carbons (Fsp3) is 0.435. The SMILES string of the molecule is O=C(C1COc2ccccc2O1)N1CCN(c2ccc(S(=O)(=O)N3CCOCC3)cc2[N+](=O)[O-])CC1. The van der Waals surface area contributed by atoms with Crippen molar-refractivity contribution < 1.29 is 32.3 Å². The lowest BCUT2D eigenvalue weighted by molar-refractivity contribution is -0.384. The lowest BCUT2D eigenvalue weighted by atomic mass is 10.2. The molecular weight excluding hydrogens is 492 g/mol. The molecule has 1 amide bonds. The molecule has 1 unspecified atom stereocenters. The Balaban J connectivity index is 1.27. The molecule has 2 saturated heterocycles. The molecule has 0 aliphatic carbocycles. The van der Waals surface area contributed by atoms with Crippen molar-refractivity contribution in [2.75, 3.05) is 64.0 Å². The number of carbonyl (C=O) groups is 1. The average Bonchev–Trinajstić information content (AvgIpc) is 2.92. The number of sulfonamides is 1. The van der Waals surface area contributed by atoms with Crippen LogP contribution >= 0.6 is 0 Å². The highest BCUT2D eigenvalue weighted by Gasteiger charge is 2.34. The molecule has 2 aromatic carbocycles. The van der Waals surface area contributed by atoms with E-state index >= 15 is 0 Å². The molecule has 13 heteroatoms. The number of morpholine rings is 1. The molecular formula is C23H26N4O8S. The number of rotatable bonds is 5. The van der Waals surface area contributed by atoms with Gasteiger partial charge in [-0.15, -0.1) is 0 Å². The highest BCUT2D eigenvalue weighted by molar-refractivity contribution is 7.89. The second kappa shape index (κ2) is 9.91. The molecule has 12 nitrogen and oxygen atoms in total. The Bertz CT molecular complexity index is 1260. The summed E-state index contributed by atoms with van der Waals surface area (Å²) in [6.45, 7) is 2.47. The van der Waals surface area contributed by atoms with Crippen molar-refractivity contribution in [3.63, 3.8) is 0 Å². The molecule has 3 heterocycles. The zero-order valence-corrected chi connectivity index (χ0v) is 20.3. The zero-order chi connectivity index (χ0) is 25.3. The number of nitro groups is 1. The highest BCUT2D eigenvalue weighted by Crippen LogP contribution is 2.34. The maximum Gasteiger partial charge on any atom is 0.293 e. The summed E-state index contributed by atoms with van der Waals surface area (Å²) in [6.07, 6.45) is -0.759. The van der Waals surface area contributed by atoms with Crippen LogP contribution < -0.4 is 14.4 Å². The number of para-hydroxylation sites is 2. The number of nitrogens with zero attached hydrogens (tertiary/aromatic N) is 4. The Morgan fingerprint density at radius 3 is 2.36 bits per heavy atom. The molecule has 0 aromatic heterocycles. The lowest BCUT2D eigenvalue weighted by Gasteiger charge is -2.38. The van der Waals surface area contributed by atoms with Gasteiger partial charge in [-0.05, 0) is 24.3 Å². The molecule has 1 atom stereocenters. The van der Waals surface area contributed by atoms with Gasteiger partial charge in [0.1, 0.15) is 12.3 Å². The van der Waals surface area contributed by atoms with E-state index < -0.39 is 21.1 Å². The first-order chi connectivity index (χ1) is 17.3. The standard InChI is InChI=1S/C23H26N4O8S/c28-23(22-16-34-20-3-1-2-4-21(20)35-22)25-9-7-24(8-10-25)18-6-5-17(15-19(18)27(29)30)36(31,32)26-11-13-33-14-12-26/h1-6,15,22H,7-14,16H2. The van der Waals surface area contributed by atoms with Crippen molar-refractivity contribution in [2.24, 2.45) is 0 Å². The monoisotopic (exact) mass is 518 g/mol. The van der Waals surface area contributed by atoms with Gasteiger partial charge in [0.25, 0.3) is 11.6 Å². The summed E-state index contributed by atoms with van der Waals surface area (Å²) in [5.74, 6) is 0.909. The summed E-state index contributed by atoms with van der Waals surface area (Å²) in [6, 6.07) is 11.1. The van der Waals surface area contributed by atoms with Gasteiger partial charge in [0.15, 0.2) is 11.5 Å². The number of nitro benzene ring substituents is 1. The molecule has 2 aromatic rings. The Morgan fingerprint density at radius 1 is 0.972 bits per heavy atom. The van der Waals surface area contributed by atoms with E-state index in [2.05, 4.69) is 0 Å². The first-order valence-corrected chi connectivity index (χ1v) is 13.1. The van der Waals surface area contributed by atoms with Gasteiger partial charge < -0.3 is 24.0 Å². The molecule has 3 aliphatic rings. The molecule has 192 valence electrons. The van der Waals surface area contributed by atoms with E-state index in [4.69, 9.17) is 14.2 Å². The molecule has 0 spiro atoms. The third kappa shape index (κ3) is 4.68. The predicted octanol–water partition coefficient (Wildman–Crippen LogP) is 1.10. The van der Waals surface area contributed by atoms with E-state index in [1.54, 1.807) is 28.0 Å². The molecule has 2 fully saturated rings. The van der Waals surface area contributed by atoms with Gasteiger partial charge in [-0.3, -0.25) is 14.9 Å². The van der Waals surface area contributed by atoms with Crippen molar-refractivity contribution in [1.29, 1.82) is 0 Å². The average molecular weight is 519 g/mol. The summed E-state index contributed by atoms with van der Waals surface area (Å²) in [5.41, 5.74) is 0.0314. The zero-order valence-electron chi connectivity index (χ0n) is 19.4. The maximum atomic E-state index is 13.0. The first-order valence-electron chi connectivity index (χ1n) is 11.6. The molecule has 5 rings (SSSR count). The second-order valence-electron chi connectivity index (χ2n) is 8.60. The van der Waals surface area contributed by atoms with Crippen LogP contribution in [0.5, 0.6) is 11.5 Å². The van der Waals surface area contributed by atoms with Crippen molar-refractivity contribution in [1.82, 2.24) is 9.21 Å². The minimum absolute atomic E-state index is 0.112. The van der Waals surface area contributed by atoms with Crippen molar-refractivity contribution in [3.05, 3.63) is 52.6 Å². The van der Waals surface area contributed by atoms with Gasteiger partial charge in [-0.2, -0.15) is 4.31 Å². The van der Waals surface area contributed by atoms with Crippen molar-refractivity contribution in [2.45, 2.75) is 11.0 Å². The number of benzene rings is 2. The summed E-state index contributed by atoms with van der Waals surface area (Å²) in [4.78, 5) is 27.6. The number of piperazine rings is 1. The number of fused-ring (bicyclic) bond motifs is 1. The summed E-state index contributed by atoms with van der Waals surface area (Å²) in [7, 11) is -3.87. The van der Waals surface area contributed by atoms with E-state index in [1.807, 2.05) is 6.07 Å². The van der Waals surface area contributed by atoms with Crippen molar-refractivity contribution >= 4 is 27.3 Å². The van der Waals surface area contributed by atoms with Crippen LogP contribution in [-0.2, 0) is 19.6 Å². The normalized spacial score (nSPS) is 20.7. The van der Waals surface area contributed by atoms with Crippen LogP contribution in [0.1, 0.15) is 0 Å². The third-order valence-corrected chi connectivity index (χ3v) is 8.36. The molecule has 0 radical (unpaired) electrons. The fourth-order valence-electron chi connectivity index (χ4n) is 4.53. The van der Waals surface area contributed by atoms with E-state index in [0.717, 1.165) is 6.07 Å². The van der Waals surface area contributed by atoms with Crippen LogP contribution in [0.2, 0.25) is 0 Å². The minimum Gasteiger partial charge on any atom is -0.485 e. The van der Waals surface area contributed by atoms with Crippen LogP contribution in [0.4, 0.5) is 11.4 Å². The first kappa shape index (κ1) is 24.3. The Kier molecular flexibility index (Phi) is 6.69. The van der Waals surface area contributed by atoms with E-state index in [9.17, 15) is 23.3 Å². The fourth-order valence-corrected chi connectivity index (χ4v) is 5.95. The van der Waals surface area contributed by atoms with E-state index in [0.29, 0.717) is 43.4 Å². The number of anilines is 1. The van der Waals surface area contributed by atoms with Crippen LogP contribution in [0.25, 0.3) is 0 Å². The second-order valence-corrected chi connectivity index (χ2v) is 10.5. The van der Waals surface area contributed by atoms with Gasteiger partial charge in [-0.25, -0.2) is 8.42 Å². The summed E-state index contributed by atoms with van der Waals surface area (Å²) < 4.78 is 43.9. The summed E-state index contributed by atoms with van der Waals surface area (Å²) >= 11 is 0. The van der Waals surface area contributed by atoms with Crippen LogP contribution in [0.3, 0.4) is 0 Å². The molecule has 0 N–H and O–H groups in total. The smallest absolute Gasteiger partial charge is 0.293 e. The minimum atomic E-state index is -3.87.